The van der Waals surface area contributed by atoms with Gasteiger partial charge in [-0.3, -0.25) is 4.79 Å². The number of aryl methyl sites for hydroxylation is 2. The molecule has 1 heterocycles. The first-order valence-electron chi connectivity index (χ1n) is 6.65. The molecule has 2 aromatic rings. The standard InChI is InChI=1S/C16H18N2O3/c1-10-6-7-13(11(2)9-10)18-8-4-5-14(18)15(16(20)21)17-12(3)19/h4-9,15H,1-3H3,(H,17,19)(H,20,21). The number of rotatable bonds is 4. The highest BCUT2D eigenvalue weighted by atomic mass is 16.4. The van der Waals surface area contributed by atoms with Crippen LogP contribution in [-0.2, 0) is 9.59 Å². The fraction of sp³-hybridized carbons (Fsp3) is 0.250. The topological polar surface area (TPSA) is 71.3 Å². The van der Waals surface area contributed by atoms with Crippen molar-refractivity contribution in [3.05, 3.63) is 53.3 Å². The van der Waals surface area contributed by atoms with Crippen molar-refractivity contribution < 1.29 is 14.7 Å². The number of nitrogens with one attached hydrogen (secondary N) is 1. The summed E-state index contributed by atoms with van der Waals surface area (Å²) in [6, 6.07) is 8.35. The first kappa shape index (κ1) is 14.8. The van der Waals surface area contributed by atoms with Crippen molar-refractivity contribution in [2.24, 2.45) is 0 Å². The van der Waals surface area contributed by atoms with Crippen molar-refractivity contribution >= 4 is 11.9 Å². The third-order valence-electron chi connectivity index (χ3n) is 3.28. The van der Waals surface area contributed by atoms with E-state index in [1.807, 2.05) is 32.0 Å². The zero-order valence-corrected chi connectivity index (χ0v) is 12.3. The van der Waals surface area contributed by atoms with E-state index in [0.717, 1.165) is 16.8 Å². The molecule has 5 heteroatoms. The van der Waals surface area contributed by atoms with E-state index >= 15 is 0 Å². The molecule has 0 aliphatic heterocycles. The lowest BCUT2D eigenvalue weighted by molar-refractivity contribution is -0.141. The average molecular weight is 286 g/mol. The van der Waals surface area contributed by atoms with Crippen LogP contribution < -0.4 is 5.32 Å². The average Bonchev–Trinajstić information content (AvgIpc) is 2.84. The highest BCUT2D eigenvalue weighted by Gasteiger charge is 2.24. The Morgan fingerprint density at radius 1 is 1.24 bits per heavy atom. The van der Waals surface area contributed by atoms with Gasteiger partial charge in [0.25, 0.3) is 0 Å². The molecular formula is C16H18N2O3. The molecule has 0 saturated heterocycles. The summed E-state index contributed by atoms with van der Waals surface area (Å²) in [5.74, 6) is -1.47. The molecule has 21 heavy (non-hydrogen) atoms. The first-order chi connectivity index (χ1) is 9.90. The van der Waals surface area contributed by atoms with Gasteiger partial charge < -0.3 is 15.0 Å². The van der Waals surface area contributed by atoms with Gasteiger partial charge in [-0.1, -0.05) is 17.7 Å². The lowest BCUT2D eigenvalue weighted by Gasteiger charge is -2.18. The van der Waals surface area contributed by atoms with Crippen molar-refractivity contribution in [3.8, 4) is 5.69 Å². The Kier molecular flexibility index (Phi) is 4.12. The van der Waals surface area contributed by atoms with Crippen LogP contribution in [0.5, 0.6) is 0 Å². The molecular weight excluding hydrogens is 268 g/mol. The van der Waals surface area contributed by atoms with Gasteiger partial charge in [0.15, 0.2) is 6.04 Å². The minimum Gasteiger partial charge on any atom is -0.479 e. The SMILES string of the molecule is CC(=O)NC(C(=O)O)c1cccn1-c1ccc(C)cc1C. The van der Waals surface area contributed by atoms with Gasteiger partial charge in [0.2, 0.25) is 5.91 Å². The highest BCUT2D eigenvalue weighted by Crippen LogP contribution is 2.22. The molecule has 0 aliphatic rings. The second-order valence-corrected chi connectivity index (χ2v) is 5.06. The number of aromatic nitrogens is 1. The van der Waals surface area contributed by atoms with Crippen molar-refractivity contribution in [2.75, 3.05) is 0 Å². The number of hydrogen-bond donors (Lipinski definition) is 2. The molecule has 0 saturated carbocycles. The van der Waals surface area contributed by atoms with Crippen LogP contribution in [0, 0.1) is 13.8 Å². The van der Waals surface area contributed by atoms with Gasteiger partial charge in [0, 0.05) is 18.8 Å². The number of aliphatic carboxylic acids is 1. The van der Waals surface area contributed by atoms with Crippen molar-refractivity contribution in [1.29, 1.82) is 0 Å². The third-order valence-corrected chi connectivity index (χ3v) is 3.28. The summed E-state index contributed by atoms with van der Waals surface area (Å²) < 4.78 is 1.80. The lowest BCUT2D eigenvalue weighted by Crippen LogP contribution is -2.33. The number of carbonyl (C=O) groups is 2. The first-order valence-corrected chi connectivity index (χ1v) is 6.65. The van der Waals surface area contributed by atoms with E-state index in [0.29, 0.717) is 5.69 Å². The van der Waals surface area contributed by atoms with Gasteiger partial charge in [-0.2, -0.15) is 0 Å². The quantitative estimate of drug-likeness (QED) is 0.906. The summed E-state index contributed by atoms with van der Waals surface area (Å²) in [6.07, 6.45) is 1.80. The van der Waals surface area contributed by atoms with Crippen LogP contribution >= 0.6 is 0 Å². The summed E-state index contributed by atoms with van der Waals surface area (Å²) in [6.45, 7) is 5.28. The predicted octanol–water partition coefficient (Wildman–Crippen LogP) is 2.36. The van der Waals surface area contributed by atoms with Crippen LogP contribution in [0.15, 0.2) is 36.5 Å². The second kappa shape index (κ2) is 5.83. The smallest absolute Gasteiger partial charge is 0.332 e. The predicted molar refractivity (Wildman–Crippen MR) is 79.4 cm³/mol. The molecule has 1 unspecified atom stereocenters. The Labute approximate surface area is 123 Å². The number of carbonyl (C=O) groups excluding carboxylic acids is 1. The van der Waals surface area contributed by atoms with Gasteiger partial charge in [-0.15, -0.1) is 0 Å². The van der Waals surface area contributed by atoms with Crippen LogP contribution in [0.1, 0.15) is 29.8 Å². The van der Waals surface area contributed by atoms with E-state index in [2.05, 4.69) is 5.32 Å². The minimum atomic E-state index is -1.09. The van der Waals surface area contributed by atoms with E-state index in [1.165, 1.54) is 6.92 Å². The molecule has 0 aliphatic carbocycles. The van der Waals surface area contributed by atoms with Crippen LogP contribution in [0.2, 0.25) is 0 Å². The fourth-order valence-corrected chi connectivity index (χ4v) is 2.39. The Morgan fingerprint density at radius 2 is 1.95 bits per heavy atom. The molecule has 2 rings (SSSR count). The fourth-order valence-electron chi connectivity index (χ4n) is 2.39. The number of nitrogens with zero attached hydrogens (tertiary/aromatic N) is 1. The van der Waals surface area contributed by atoms with E-state index in [4.69, 9.17) is 0 Å². The maximum atomic E-state index is 11.4. The van der Waals surface area contributed by atoms with Gasteiger partial charge in [0.1, 0.15) is 0 Å². The maximum Gasteiger partial charge on any atom is 0.332 e. The van der Waals surface area contributed by atoms with Gasteiger partial charge >= 0.3 is 5.97 Å². The molecule has 1 aromatic heterocycles. The summed E-state index contributed by atoms with van der Waals surface area (Å²) in [5, 5.41) is 11.8. The van der Waals surface area contributed by atoms with E-state index in [-0.39, 0.29) is 5.91 Å². The van der Waals surface area contributed by atoms with Crippen LogP contribution in [0.25, 0.3) is 5.69 Å². The number of carboxylic acids is 1. The molecule has 110 valence electrons. The Hall–Kier alpha value is -2.56. The van der Waals surface area contributed by atoms with Crippen LogP contribution in [0.3, 0.4) is 0 Å². The molecule has 0 fully saturated rings. The zero-order valence-electron chi connectivity index (χ0n) is 12.3. The van der Waals surface area contributed by atoms with Gasteiger partial charge in [0.05, 0.1) is 5.69 Å². The molecule has 0 radical (unpaired) electrons. The van der Waals surface area contributed by atoms with Gasteiger partial charge in [-0.25, -0.2) is 4.79 Å². The zero-order chi connectivity index (χ0) is 15.6. The lowest BCUT2D eigenvalue weighted by atomic mass is 10.1. The normalized spacial score (nSPS) is 12.0. The summed E-state index contributed by atoms with van der Waals surface area (Å²) in [7, 11) is 0. The Bertz CT molecular complexity index is 689. The summed E-state index contributed by atoms with van der Waals surface area (Å²) in [4.78, 5) is 22.7. The van der Waals surface area contributed by atoms with Crippen LogP contribution in [0.4, 0.5) is 0 Å². The molecule has 1 aromatic carbocycles. The second-order valence-electron chi connectivity index (χ2n) is 5.06. The number of benzene rings is 1. The van der Waals surface area contributed by atoms with E-state index in [9.17, 15) is 14.7 Å². The Morgan fingerprint density at radius 3 is 2.52 bits per heavy atom. The van der Waals surface area contributed by atoms with Crippen molar-refractivity contribution in [2.45, 2.75) is 26.8 Å². The summed E-state index contributed by atoms with van der Waals surface area (Å²) >= 11 is 0. The van der Waals surface area contributed by atoms with Crippen molar-refractivity contribution in [1.82, 2.24) is 9.88 Å². The molecule has 0 bridgehead atoms. The molecule has 0 spiro atoms. The minimum absolute atomic E-state index is 0.379. The monoisotopic (exact) mass is 286 g/mol. The molecule has 2 N–H and O–H groups in total. The largest absolute Gasteiger partial charge is 0.479 e. The molecule has 1 atom stereocenters. The highest BCUT2D eigenvalue weighted by molar-refractivity contribution is 5.83. The molecule has 5 nitrogen and oxygen atoms in total. The number of hydrogen-bond acceptors (Lipinski definition) is 2. The van der Waals surface area contributed by atoms with Gasteiger partial charge in [-0.05, 0) is 37.6 Å². The Balaban J connectivity index is 2.50. The van der Waals surface area contributed by atoms with Crippen LogP contribution in [-0.4, -0.2) is 21.6 Å². The van der Waals surface area contributed by atoms with Crippen molar-refractivity contribution in [3.63, 3.8) is 0 Å². The summed E-state index contributed by atoms with van der Waals surface area (Å²) in [5.41, 5.74) is 3.60. The van der Waals surface area contributed by atoms with E-state index < -0.39 is 12.0 Å². The van der Waals surface area contributed by atoms with E-state index in [1.54, 1.807) is 22.9 Å². The third kappa shape index (κ3) is 3.13. The number of amides is 1. The maximum absolute atomic E-state index is 11.4. The number of carboxylic acid groups (broad SMARTS) is 1. The molecule has 1 amide bonds.